The van der Waals surface area contributed by atoms with Crippen LogP contribution < -0.4 is 16.4 Å². The largest absolute Gasteiger partial charge is 0.397 e. The Kier molecular flexibility index (Phi) is 4.07. The second-order valence-corrected chi connectivity index (χ2v) is 4.87. The Labute approximate surface area is 108 Å². The maximum Gasteiger partial charge on any atom is 0.217 e. The van der Waals surface area contributed by atoms with Gasteiger partial charge < -0.3 is 16.4 Å². The van der Waals surface area contributed by atoms with Gasteiger partial charge in [-0.15, -0.1) is 0 Å². The zero-order valence-corrected chi connectivity index (χ0v) is 10.7. The van der Waals surface area contributed by atoms with Crippen LogP contribution in [0.4, 0.5) is 11.4 Å². The minimum absolute atomic E-state index is 0.214. The summed E-state index contributed by atoms with van der Waals surface area (Å²) >= 11 is 0. The van der Waals surface area contributed by atoms with E-state index in [1.54, 1.807) is 0 Å². The number of para-hydroxylation sites is 1. The fourth-order valence-electron chi connectivity index (χ4n) is 2.60. The number of nitrogens with zero attached hydrogens (tertiary/aromatic N) is 1. The average Bonchev–Trinajstić information content (AvgIpc) is 2.34. The van der Waals surface area contributed by atoms with Crippen LogP contribution in [0.2, 0.25) is 0 Å². The average molecular weight is 247 g/mol. The number of carbonyl (C=O) groups excluding carboxylic acids is 1. The highest BCUT2D eigenvalue weighted by atomic mass is 16.1. The van der Waals surface area contributed by atoms with Crippen molar-refractivity contribution < 1.29 is 4.79 Å². The molecule has 1 aliphatic heterocycles. The van der Waals surface area contributed by atoms with Crippen LogP contribution in [0, 0.1) is 0 Å². The van der Waals surface area contributed by atoms with E-state index in [9.17, 15) is 4.79 Å². The van der Waals surface area contributed by atoms with Crippen LogP contribution >= 0.6 is 0 Å². The number of hydrogen-bond donors (Lipinski definition) is 2. The van der Waals surface area contributed by atoms with Crippen LogP contribution in [0.1, 0.15) is 31.2 Å². The molecule has 0 unspecified atom stereocenters. The molecule has 1 heterocycles. The Balaban J connectivity index is 1.97. The lowest BCUT2D eigenvalue weighted by atomic mass is 10.00. The summed E-state index contributed by atoms with van der Waals surface area (Å²) in [4.78, 5) is 13.0. The Morgan fingerprint density at radius 2 is 2.17 bits per heavy atom. The van der Waals surface area contributed by atoms with E-state index in [1.807, 2.05) is 12.1 Å². The molecule has 18 heavy (non-hydrogen) atoms. The molecular formula is C14H21N3O. The van der Waals surface area contributed by atoms with Crippen molar-refractivity contribution >= 4 is 17.3 Å². The van der Waals surface area contributed by atoms with Gasteiger partial charge in [0.1, 0.15) is 0 Å². The van der Waals surface area contributed by atoms with Crippen LogP contribution in [0.15, 0.2) is 18.2 Å². The SMILES string of the molecule is NC(=O)CCCCN1CCCc2cccc(N)c21. The lowest BCUT2D eigenvalue weighted by Gasteiger charge is -2.32. The summed E-state index contributed by atoms with van der Waals surface area (Å²) in [5, 5.41) is 0. The molecule has 1 aromatic carbocycles. The topological polar surface area (TPSA) is 72.4 Å². The van der Waals surface area contributed by atoms with E-state index in [0.717, 1.165) is 38.0 Å². The van der Waals surface area contributed by atoms with Crippen molar-refractivity contribution in [3.8, 4) is 0 Å². The van der Waals surface area contributed by atoms with Crippen LogP contribution in [-0.2, 0) is 11.2 Å². The normalized spacial score (nSPS) is 14.3. The van der Waals surface area contributed by atoms with E-state index >= 15 is 0 Å². The number of fused-ring (bicyclic) bond motifs is 1. The fourth-order valence-corrected chi connectivity index (χ4v) is 2.60. The van der Waals surface area contributed by atoms with Gasteiger partial charge in [0.15, 0.2) is 0 Å². The predicted octanol–water partition coefficient (Wildman–Crippen LogP) is 1.68. The van der Waals surface area contributed by atoms with Crippen molar-refractivity contribution in [3.05, 3.63) is 23.8 Å². The summed E-state index contributed by atoms with van der Waals surface area (Å²) in [5.41, 5.74) is 14.6. The monoisotopic (exact) mass is 247 g/mol. The number of primary amides is 1. The molecule has 0 saturated carbocycles. The van der Waals surface area contributed by atoms with Gasteiger partial charge in [-0.2, -0.15) is 0 Å². The third-order valence-corrected chi connectivity index (χ3v) is 3.44. The van der Waals surface area contributed by atoms with Crippen LogP contribution in [0.5, 0.6) is 0 Å². The number of carbonyl (C=O) groups is 1. The number of anilines is 2. The Hall–Kier alpha value is -1.71. The molecule has 4 N–H and O–H groups in total. The first-order valence-corrected chi connectivity index (χ1v) is 6.59. The van der Waals surface area contributed by atoms with Crippen LogP contribution in [0.25, 0.3) is 0 Å². The number of hydrogen-bond acceptors (Lipinski definition) is 3. The van der Waals surface area contributed by atoms with E-state index in [4.69, 9.17) is 11.5 Å². The molecule has 1 aliphatic rings. The Morgan fingerprint density at radius 3 is 2.94 bits per heavy atom. The molecule has 0 spiro atoms. The number of nitrogen functional groups attached to an aromatic ring is 1. The van der Waals surface area contributed by atoms with Gasteiger partial charge in [-0.05, 0) is 37.3 Å². The molecule has 0 bridgehead atoms. The summed E-state index contributed by atoms with van der Waals surface area (Å²) in [6.07, 6.45) is 4.60. The number of rotatable bonds is 5. The third kappa shape index (κ3) is 2.94. The first kappa shape index (κ1) is 12.7. The highest BCUT2D eigenvalue weighted by Crippen LogP contribution is 2.32. The van der Waals surface area contributed by atoms with Gasteiger partial charge in [0.05, 0.1) is 11.4 Å². The molecule has 98 valence electrons. The van der Waals surface area contributed by atoms with Crippen molar-refractivity contribution in [3.63, 3.8) is 0 Å². The zero-order chi connectivity index (χ0) is 13.0. The molecule has 1 aromatic rings. The van der Waals surface area contributed by atoms with Crippen molar-refractivity contribution in [2.75, 3.05) is 23.7 Å². The van der Waals surface area contributed by atoms with E-state index < -0.39 is 0 Å². The maximum atomic E-state index is 10.7. The lowest BCUT2D eigenvalue weighted by Crippen LogP contribution is -2.31. The van der Waals surface area contributed by atoms with Crippen molar-refractivity contribution in [2.24, 2.45) is 5.73 Å². The Morgan fingerprint density at radius 1 is 1.33 bits per heavy atom. The molecule has 1 amide bonds. The molecule has 0 aromatic heterocycles. The van der Waals surface area contributed by atoms with Gasteiger partial charge in [-0.1, -0.05) is 12.1 Å². The van der Waals surface area contributed by atoms with Crippen LogP contribution in [0.3, 0.4) is 0 Å². The van der Waals surface area contributed by atoms with Gasteiger partial charge in [-0.3, -0.25) is 4.79 Å². The standard InChI is InChI=1S/C14H21N3O/c15-12-7-3-5-11-6-4-10-17(14(11)12)9-2-1-8-13(16)18/h3,5,7H,1-2,4,6,8-10,15H2,(H2,16,18). The molecule has 0 aliphatic carbocycles. The number of amides is 1. The first-order valence-electron chi connectivity index (χ1n) is 6.59. The smallest absolute Gasteiger partial charge is 0.217 e. The maximum absolute atomic E-state index is 10.7. The zero-order valence-electron chi connectivity index (χ0n) is 10.7. The second-order valence-electron chi connectivity index (χ2n) is 4.87. The fraction of sp³-hybridized carbons (Fsp3) is 0.500. The van der Waals surface area contributed by atoms with Gasteiger partial charge in [-0.25, -0.2) is 0 Å². The van der Waals surface area contributed by atoms with Gasteiger partial charge in [0.25, 0.3) is 0 Å². The molecule has 0 radical (unpaired) electrons. The number of unbranched alkanes of at least 4 members (excludes halogenated alkanes) is 1. The van der Waals surface area contributed by atoms with Crippen molar-refractivity contribution in [1.29, 1.82) is 0 Å². The summed E-state index contributed by atoms with van der Waals surface area (Å²) in [6, 6.07) is 6.13. The second kappa shape index (κ2) is 5.76. The van der Waals surface area contributed by atoms with Gasteiger partial charge in [0, 0.05) is 19.5 Å². The molecule has 4 nitrogen and oxygen atoms in total. The van der Waals surface area contributed by atoms with Crippen molar-refractivity contribution in [1.82, 2.24) is 0 Å². The van der Waals surface area contributed by atoms with Gasteiger partial charge in [0.2, 0.25) is 5.91 Å². The summed E-state index contributed by atoms with van der Waals surface area (Å²) in [6.45, 7) is 2.01. The summed E-state index contributed by atoms with van der Waals surface area (Å²) in [7, 11) is 0. The summed E-state index contributed by atoms with van der Waals surface area (Å²) < 4.78 is 0. The minimum atomic E-state index is -0.214. The quantitative estimate of drug-likeness (QED) is 0.614. The molecule has 0 atom stereocenters. The number of benzene rings is 1. The minimum Gasteiger partial charge on any atom is -0.397 e. The predicted molar refractivity (Wildman–Crippen MR) is 74.4 cm³/mol. The third-order valence-electron chi connectivity index (χ3n) is 3.44. The van der Waals surface area contributed by atoms with E-state index in [0.29, 0.717) is 6.42 Å². The number of aryl methyl sites for hydroxylation is 1. The lowest BCUT2D eigenvalue weighted by molar-refractivity contribution is -0.118. The van der Waals surface area contributed by atoms with E-state index in [1.165, 1.54) is 17.7 Å². The molecular weight excluding hydrogens is 226 g/mol. The van der Waals surface area contributed by atoms with E-state index in [-0.39, 0.29) is 5.91 Å². The molecule has 0 saturated heterocycles. The Bertz CT molecular complexity index is 431. The summed E-state index contributed by atoms with van der Waals surface area (Å²) in [5.74, 6) is -0.214. The first-order chi connectivity index (χ1) is 8.68. The number of nitrogens with two attached hydrogens (primary N) is 2. The molecule has 2 rings (SSSR count). The molecule has 4 heteroatoms. The van der Waals surface area contributed by atoms with E-state index in [2.05, 4.69) is 11.0 Å². The highest BCUT2D eigenvalue weighted by molar-refractivity contribution is 5.74. The van der Waals surface area contributed by atoms with Gasteiger partial charge >= 0.3 is 0 Å². The highest BCUT2D eigenvalue weighted by Gasteiger charge is 2.18. The van der Waals surface area contributed by atoms with Crippen molar-refractivity contribution in [2.45, 2.75) is 32.1 Å². The molecule has 0 fully saturated rings. The van der Waals surface area contributed by atoms with Crippen LogP contribution in [-0.4, -0.2) is 19.0 Å².